The number of nitrogens with zero attached hydrogens (tertiary/aromatic N) is 1. The van der Waals surface area contributed by atoms with Crippen LogP contribution >= 0.6 is 0 Å². The molecular formula is C8H10N4O. The van der Waals surface area contributed by atoms with Crippen molar-refractivity contribution in [2.24, 2.45) is 5.73 Å². The Labute approximate surface area is 75.0 Å². The molecule has 0 fully saturated rings. The second-order valence-corrected chi connectivity index (χ2v) is 2.19. The molecule has 2 aromatic heterocycles. The zero-order valence-corrected chi connectivity index (χ0v) is 6.90. The van der Waals surface area contributed by atoms with Gasteiger partial charge in [-0.2, -0.15) is 0 Å². The van der Waals surface area contributed by atoms with Gasteiger partial charge in [0.2, 0.25) is 0 Å². The molecule has 0 aromatic carbocycles. The van der Waals surface area contributed by atoms with E-state index < -0.39 is 5.91 Å². The molecule has 0 aliphatic rings. The van der Waals surface area contributed by atoms with Gasteiger partial charge < -0.3 is 15.7 Å². The Morgan fingerprint density at radius 1 is 1.31 bits per heavy atom. The Morgan fingerprint density at radius 3 is 2.23 bits per heavy atom. The number of nitrogens with two attached hydrogens (primary N) is 1. The Morgan fingerprint density at radius 2 is 2.00 bits per heavy atom. The maximum atomic E-state index is 10.2. The van der Waals surface area contributed by atoms with E-state index in [1.807, 2.05) is 24.5 Å². The number of aromatic nitrogens is 3. The largest absolute Gasteiger partial charge is 0.368 e. The first-order chi connectivity index (χ1) is 6.30. The van der Waals surface area contributed by atoms with E-state index >= 15 is 0 Å². The smallest absolute Gasteiger partial charge is 0.284 e. The quantitative estimate of drug-likeness (QED) is 0.594. The summed E-state index contributed by atoms with van der Waals surface area (Å²) in [6.45, 7) is 0. The van der Waals surface area contributed by atoms with Crippen LogP contribution in [0.4, 0.5) is 0 Å². The van der Waals surface area contributed by atoms with Gasteiger partial charge in [-0.3, -0.25) is 4.79 Å². The van der Waals surface area contributed by atoms with Crippen LogP contribution in [0.2, 0.25) is 0 Å². The molecule has 0 aliphatic carbocycles. The van der Waals surface area contributed by atoms with Crippen molar-refractivity contribution in [3.8, 4) is 0 Å². The molecule has 4 N–H and O–H groups in total. The van der Waals surface area contributed by atoms with Gasteiger partial charge in [-0.15, -0.1) is 0 Å². The van der Waals surface area contributed by atoms with Crippen LogP contribution in [0.15, 0.2) is 36.9 Å². The van der Waals surface area contributed by atoms with Crippen LogP contribution in [0.3, 0.4) is 0 Å². The van der Waals surface area contributed by atoms with E-state index in [-0.39, 0.29) is 5.82 Å². The summed E-state index contributed by atoms with van der Waals surface area (Å²) in [6, 6.07) is 3.89. The number of hydrogen-bond donors (Lipinski definition) is 3. The van der Waals surface area contributed by atoms with E-state index in [1.165, 1.54) is 6.20 Å². The maximum absolute atomic E-state index is 10.2. The molecule has 5 nitrogen and oxygen atoms in total. The fourth-order valence-corrected chi connectivity index (χ4v) is 0.678. The predicted octanol–water partition coefficient (Wildman–Crippen LogP) is 0.523. The standard InChI is InChI=1S/C4H5N3O.C4H5N/c5-3(8)4-6-1-2-7-4;1-2-4-5-3-1/h1-2H,(H2,5,8)(H,6,7);1-5H. The van der Waals surface area contributed by atoms with Crippen molar-refractivity contribution in [1.82, 2.24) is 15.0 Å². The monoisotopic (exact) mass is 178 g/mol. The van der Waals surface area contributed by atoms with Gasteiger partial charge in [-0.05, 0) is 12.1 Å². The lowest BCUT2D eigenvalue weighted by Crippen LogP contribution is -2.12. The molecular weight excluding hydrogens is 168 g/mol. The summed E-state index contributed by atoms with van der Waals surface area (Å²) in [7, 11) is 0. The SMILES string of the molecule is NC(=O)c1ncc[nH]1.c1cc[nH]c1. The lowest BCUT2D eigenvalue weighted by molar-refractivity contribution is 0.0991. The van der Waals surface area contributed by atoms with E-state index in [1.54, 1.807) is 6.20 Å². The number of hydrogen-bond acceptors (Lipinski definition) is 2. The first-order valence-electron chi connectivity index (χ1n) is 3.67. The molecule has 1 amide bonds. The third-order valence-electron chi connectivity index (χ3n) is 1.23. The summed E-state index contributed by atoms with van der Waals surface area (Å²) in [5.74, 6) is -0.333. The summed E-state index contributed by atoms with van der Waals surface area (Å²) in [6.07, 6.45) is 6.76. The van der Waals surface area contributed by atoms with Gasteiger partial charge in [0.05, 0.1) is 0 Å². The normalized spacial score (nSPS) is 8.62. The molecule has 0 aliphatic heterocycles. The molecule has 2 aromatic rings. The van der Waals surface area contributed by atoms with Crippen LogP contribution < -0.4 is 5.73 Å². The Bertz CT molecular complexity index is 308. The molecule has 68 valence electrons. The maximum Gasteiger partial charge on any atom is 0.284 e. The lowest BCUT2D eigenvalue weighted by Gasteiger charge is -1.80. The molecule has 13 heavy (non-hydrogen) atoms. The molecule has 0 unspecified atom stereocenters. The van der Waals surface area contributed by atoms with Crippen molar-refractivity contribution in [2.45, 2.75) is 0 Å². The highest BCUT2D eigenvalue weighted by Gasteiger charge is 1.97. The van der Waals surface area contributed by atoms with Crippen LogP contribution in [0.25, 0.3) is 0 Å². The van der Waals surface area contributed by atoms with E-state index in [0.717, 1.165) is 0 Å². The molecule has 0 saturated heterocycles. The van der Waals surface area contributed by atoms with E-state index in [0.29, 0.717) is 0 Å². The van der Waals surface area contributed by atoms with Gasteiger partial charge in [-0.25, -0.2) is 4.98 Å². The molecule has 5 heteroatoms. The van der Waals surface area contributed by atoms with Gasteiger partial charge in [0.15, 0.2) is 5.82 Å². The van der Waals surface area contributed by atoms with Crippen molar-refractivity contribution >= 4 is 5.91 Å². The number of carbonyl (C=O) groups excluding carboxylic acids is 1. The minimum absolute atomic E-state index is 0.199. The second kappa shape index (κ2) is 4.76. The Kier molecular flexibility index (Phi) is 3.31. The lowest BCUT2D eigenvalue weighted by atomic mass is 10.6. The number of primary amides is 1. The predicted molar refractivity (Wildman–Crippen MR) is 47.9 cm³/mol. The number of H-pyrrole nitrogens is 2. The van der Waals surface area contributed by atoms with E-state index in [2.05, 4.69) is 15.0 Å². The van der Waals surface area contributed by atoms with Crippen LogP contribution in [0.1, 0.15) is 10.6 Å². The molecule has 0 radical (unpaired) electrons. The fraction of sp³-hybridized carbons (Fsp3) is 0. The average molecular weight is 178 g/mol. The van der Waals surface area contributed by atoms with Crippen molar-refractivity contribution in [2.75, 3.05) is 0 Å². The topological polar surface area (TPSA) is 87.6 Å². The molecule has 0 spiro atoms. The highest BCUT2D eigenvalue weighted by atomic mass is 16.1. The summed E-state index contributed by atoms with van der Waals surface area (Å²) in [4.78, 5) is 19.2. The highest BCUT2D eigenvalue weighted by Crippen LogP contribution is 1.82. The van der Waals surface area contributed by atoms with Crippen LogP contribution in [0.5, 0.6) is 0 Å². The van der Waals surface area contributed by atoms with Crippen LogP contribution in [-0.4, -0.2) is 20.9 Å². The zero-order valence-electron chi connectivity index (χ0n) is 6.90. The zero-order chi connectivity index (χ0) is 9.52. The fourth-order valence-electron chi connectivity index (χ4n) is 0.678. The minimum Gasteiger partial charge on any atom is -0.368 e. The number of amides is 1. The summed E-state index contributed by atoms with van der Waals surface area (Å²) < 4.78 is 0. The van der Waals surface area contributed by atoms with E-state index in [4.69, 9.17) is 5.73 Å². The van der Waals surface area contributed by atoms with Gasteiger partial charge in [0, 0.05) is 24.8 Å². The number of rotatable bonds is 1. The van der Waals surface area contributed by atoms with Gasteiger partial charge >= 0.3 is 0 Å². The third kappa shape index (κ3) is 3.24. The average Bonchev–Trinajstić information content (AvgIpc) is 2.82. The summed E-state index contributed by atoms with van der Waals surface area (Å²) in [5, 5.41) is 0. The van der Waals surface area contributed by atoms with Crippen LogP contribution in [-0.2, 0) is 0 Å². The van der Waals surface area contributed by atoms with Crippen molar-refractivity contribution in [1.29, 1.82) is 0 Å². The van der Waals surface area contributed by atoms with Crippen molar-refractivity contribution < 1.29 is 4.79 Å². The molecule has 2 rings (SSSR count). The summed E-state index contributed by atoms with van der Waals surface area (Å²) in [5.41, 5.74) is 4.83. The summed E-state index contributed by atoms with van der Waals surface area (Å²) >= 11 is 0. The van der Waals surface area contributed by atoms with Gasteiger partial charge in [0.1, 0.15) is 0 Å². The number of nitrogens with one attached hydrogen (secondary N) is 2. The molecule has 2 heterocycles. The second-order valence-electron chi connectivity index (χ2n) is 2.19. The van der Waals surface area contributed by atoms with Crippen molar-refractivity contribution in [3.05, 3.63) is 42.7 Å². The first kappa shape index (κ1) is 9.05. The van der Waals surface area contributed by atoms with E-state index in [9.17, 15) is 4.79 Å². The van der Waals surface area contributed by atoms with Crippen LogP contribution in [0, 0.1) is 0 Å². The first-order valence-corrected chi connectivity index (χ1v) is 3.67. The number of carbonyl (C=O) groups is 1. The molecule has 0 saturated carbocycles. The third-order valence-corrected chi connectivity index (χ3v) is 1.23. The molecule has 0 bridgehead atoms. The Hall–Kier alpha value is -2.04. The Balaban J connectivity index is 0.000000145. The molecule has 0 atom stereocenters. The van der Waals surface area contributed by atoms with Gasteiger partial charge in [-0.1, -0.05) is 0 Å². The van der Waals surface area contributed by atoms with Crippen molar-refractivity contribution in [3.63, 3.8) is 0 Å². The number of aromatic amines is 2. The minimum atomic E-state index is -0.532. The number of imidazole rings is 1. The highest BCUT2D eigenvalue weighted by molar-refractivity contribution is 5.88. The van der Waals surface area contributed by atoms with Gasteiger partial charge in [0.25, 0.3) is 5.91 Å².